The molecule has 18 heavy (non-hydrogen) atoms. The number of carboxylic acids is 1. The Morgan fingerprint density at radius 2 is 2.33 bits per heavy atom. The van der Waals surface area contributed by atoms with Crippen molar-refractivity contribution >= 4 is 17.7 Å². The average Bonchev–Trinajstić information content (AvgIpc) is 2.38. The van der Waals surface area contributed by atoms with Gasteiger partial charge < -0.3 is 5.11 Å². The number of thioether (sulfide) groups is 1. The number of rotatable bonds is 5. The van der Waals surface area contributed by atoms with Gasteiger partial charge in [0.05, 0.1) is 0 Å². The van der Waals surface area contributed by atoms with Crippen molar-refractivity contribution in [2.24, 2.45) is 0 Å². The summed E-state index contributed by atoms with van der Waals surface area (Å²) in [6, 6.07) is 8.02. The zero-order valence-corrected chi connectivity index (χ0v) is 11.4. The lowest BCUT2D eigenvalue weighted by molar-refractivity contribution is -0.139. The number of aliphatic carboxylic acids is 1. The fraction of sp³-hybridized carbons (Fsp3) is 0.500. The van der Waals surface area contributed by atoms with Gasteiger partial charge in [-0.2, -0.15) is 0 Å². The van der Waals surface area contributed by atoms with Crippen molar-refractivity contribution in [3.8, 4) is 0 Å². The fourth-order valence-electron chi connectivity index (χ4n) is 2.32. The summed E-state index contributed by atoms with van der Waals surface area (Å²) >= 11 is 1.85. The Balaban J connectivity index is 2.12. The molecular weight excluding hydrogens is 246 g/mol. The quantitative estimate of drug-likeness (QED) is 0.859. The third-order valence-electron chi connectivity index (χ3n) is 3.24. The van der Waals surface area contributed by atoms with Crippen LogP contribution < -0.4 is 5.32 Å². The summed E-state index contributed by atoms with van der Waals surface area (Å²) in [5.74, 6) is 0.306. The summed E-state index contributed by atoms with van der Waals surface area (Å²) in [7, 11) is 0. The topological polar surface area (TPSA) is 49.3 Å². The Kier molecular flexibility index (Phi) is 4.66. The van der Waals surface area contributed by atoms with Gasteiger partial charge in [0.25, 0.3) is 0 Å². The largest absolute Gasteiger partial charge is 0.480 e. The lowest BCUT2D eigenvalue weighted by Gasteiger charge is -2.28. The molecule has 0 saturated carbocycles. The van der Waals surface area contributed by atoms with Crippen LogP contribution in [0.5, 0.6) is 0 Å². The molecule has 0 spiro atoms. The number of hydrogen-bond donors (Lipinski definition) is 2. The minimum absolute atomic E-state index is 0.176. The van der Waals surface area contributed by atoms with Gasteiger partial charge in [-0.15, -0.1) is 11.8 Å². The molecule has 3 nitrogen and oxygen atoms in total. The van der Waals surface area contributed by atoms with Crippen LogP contribution >= 0.6 is 11.8 Å². The summed E-state index contributed by atoms with van der Waals surface area (Å²) in [6.45, 7) is 2.02. The smallest absolute Gasteiger partial charge is 0.320 e. The van der Waals surface area contributed by atoms with Crippen LogP contribution in [-0.4, -0.2) is 22.9 Å². The molecule has 0 saturated heterocycles. The van der Waals surface area contributed by atoms with Gasteiger partial charge in [-0.05, 0) is 30.2 Å². The van der Waals surface area contributed by atoms with Crippen molar-refractivity contribution < 1.29 is 9.90 Å². The molecule has 2 N–H and O–H groups in total. The van der Waals surface area contributed by atoms with Crippen molar-refractivity contribution in [3.63, 3.8) is 0 Å². The normalized spacial score (nSPS) is 20.2. The van der Waals surface area contributed by atoms with E-state index in [1.807, 2.05) is 30.8 Å². The van der Waals surface area contributed by atoms with Gasteiger partial charge in [0.1, 0.15) is 6.04 Å². The van der Waals surface area contributed by atoms with Crippen LogP contribution in [0.1, 0.15) is 37.8 Å². The Bertz CT molecular complexity index is 422. The highest BCUT2D eigenvalue weighted by molar-refractivity contribution is 7.99. The molecule has 1 aliphatic rings. The van der Waals surface area contributed by atoms with Gasteiger partial charge in [-0.3, -0.25) is 10.1 Å². The van der Waals surface area contributed by atoms with E-state index in [0.717, 1.165) is 18.6 Å². The third kappa shape index (κ3) is 3.06. The summed E-state index contributed by atoms with van der Waals surface area (Å²) in [4.78, 5) is 12.5. The first-order valence-electron chi connectivity index (χ1n) is 6.43. The van der Waals surface area contributed by atoms with E-state index in [0.29, 0.717) is 6.42 Å². The fourth-order valence-corrected chi connectivity index (χ4v) is 3.45. The average molecular weight is 265 g/mol. The third-order valence-corrected chi connectivity index (χ3v) is 4.36. The first-order chi connectivity index (χ1) is 8.72. The van der Waals surface area contributed by atoms with Crippen molar-refractivity contribution in [1.82, 2.24) is 5.32 Å². The van der Waals surface area contributed by atoms with E-state index in [1.54, 1.807) is 0 Å². The van der Waals surface area contributed by atoms with Crippen molar-refractivity contribution in [1.29, 1.82) is 0 Å². The number of hydrogen-bond acceptors (Lipinski definition) is 3. The molecule has 2 rings (SSSR count). The van der Waals surface area contributed by atoms with E-state index in [9.17, 15) is 9.90 Å². The maximum Gasteiger partial charge on any atom is 0.320 e. The molecule has 1 aliphatic heterocycles. The molecule has 1 heterocycles. The van der Waals surface area contributed by atoms with Gasteiger partial charge in [0, 0.05) is 10.9 Å². The van der Waals surface area contributed by atoms with Crippen LogP contribution in [0.3, 0.4) is 0 Å². The predicted octanol–water partition coefficient (Wildman–Crippen LogP) is 3.07. The summed E-state index contributed by atoms with van der Waals surface area (Å²) in [6.07, 6.45) is 2.56. The van der Waals surface area contributed by atoms with Gasteiger partial charge in [-0.1, -0.05) is 31.5 Å². The number of carboxylic acid groups (broad SMARTS) is 1. The van der Waals surface area contributed by atoms with E-state index >= 15 is 0 Å². The van der Waals surface area contributed by atoms with Crippen LogP contribution in [0.2, 0.25) is 0 Å². The molecule has 0 bridgehead atoms. The van der Waals surface area contributed by atoms with E-state index in [4.69, 9.17) is 0 Å². The Morgan fingerprint density at radius 3 is 3.06 bits per heavy atom. The molecule has 0 fully saturated rings. The SMILES string of the molecule is CCCC(NC1CCSc2ccccc21)C(=O)O. The zero-order valence-electron chi connectivity index (χ0n) is 10.6. The summed E-state index contributed by atoms with van der Waals surface area (Å²) in [5.41, 5.74) is 1.25. The van der Waals surface area contributed by atoms with E-state index in [2.05, 4.69) is 17.4 Å². The molecule has 0 radical (unpaired) electrons. The second-order valence-electron chi connectivity index (χ2n) is 4.57. The Labute approximate surface area is 112 Å². The highest BCUT2D eigenvalue weighted by Crippen LogP contribution is 2.36. The van der Waals surface area contributed by atoms with Crippen LogP contribution in [-0.2, 0) is 4.79 Å². The number of carbonyl (C=O) groups is 1. The maximum absolute atomic E-state index is 11.2. The highest BCUT2D eigenvalue weighted by Gasteiger charge is 2.25. The molecule has 1 aromatic carbocycles. The van der Waals surface area contributed by atoms with Gasteiger partial charge in [0.2, 0.25) is 0 Å². The summed E-state index contributed by atoms with van der Waals surface area (Å²) < 4.78 is 0. The lowest BCUT2D eigenvalue weighted by Crippen LogP contribution is -2.40. The van der Waals surface area contributed by atoms with Gasteiger partial charge >= 0.3 is 5.97 Å². The highest BCUT2D eigenvalue weighted by atomic mass is 32.2. The summed E-state index contributed by atoms with van der Waals surface area (Å²) in [5, 5.41) is 12.5. The van der Waals surface area contributed by atoms with Gasteiger partial charge in [-0.25, -0.2) is 0 Å². The molecule has 2 atom stereocenters. The van der Waals surface area contributed by atoms with Crippen molar-refractivity contribution in [3.05, 3.63) is 29.8 Å². The molecule has 0 aromatic heterocycles. The molecule has 4 heteroatoms. The standard InChI is InChI=1S/C14H19NO2S/c1-2-5-12(14(16)17)15-11-8-9-18-13-7-4-3-6-10(11)13/h3-4,6-7,11-12,15H,2,5,8-9H2,1H3,(H,16,17). The molecule has 0 amide bonds. The van der Waals surface area contributed by atoms with Crippen LogP contribution in [0.15, 0.2) is 29.2 Å². The lowest BCUT2D eigenvalue weighted by atomic mass is 10.0. The first-order valence-corrected chi connectivity index (χ1v) is 7.41. The van der Waals surface area contributed by atoms with E-state index < -0.39 is 12.0 Å². The van der Waals surface area contributed by atoms with Crippen molar-refractivity contribution in [2.45, 2.75) is 43.2 Å². The van der Waals surface area contributed by atoms with Gasteiger partial charge in [0.15, 0.2) is 0 Å². The molecule has 98 valence electrons. The molecule has 1 aromatic rings. The Hall–Kier alpha value is -1.00. The number of nitrogens with one attached hydrogen (secondary N) is 1. The van der Waals surface area contributed by atoms with Crippen LogP contribution in [0.4, 0.5) is 0 Å². The van der Waals surface area contributed by atoms with E-state index in [1.165, 1.54) is 10.5 Å². The zero-order chi connectivity index (χ0) is 13.0. The number of fused-ring (bicyclic) bond motifs is 1. The predicted molar refractivity (Wildman–Crippen MR) is 74.0 cm³/mol. The minimum Gasteiger partial charge on any atom is -0.480 e. The number of benzene rings is 1. The first kappa shape index (κ1) is 13.4. The second kappa shape index (κ2) is 6.25. The van der Waals surface area contributed by atoms with Crippen LogP contribution in [0.25, 0.3) is 0 Å². The van der Waals surface area contributed by atoms with E-state index in [-0.39, 0.29) is 6.04 Å². The molecule has 0 aliphatic carbocycles. The molecule has 2 unspecified atom stereocenters. The maximum atomic E-state index is 11.2. The minimum atomic E-state index is -0.743. The van der Waals surface area contributed by atoms with Crippen molar-refractivity contribution in [2.75, 3.05) is 5.75 Å². The molecular formula is C14H19NO2S. The second-order valence-corrected chi connectivity index (χ2v) is 5.71. The Morgan fingerprint density at radius 1 is 1.56 bits per heavy atom. The van der Waals surface area contributed by atoms with Crippen LogP contribution in [0, 0.1) is 0 Å². The monoisotopic (exact) mass is 265 g/mol.